The number of aliphatic hydroxyl groups is 2. The van der Waals surface area contributed by atoms with Crippen LogP contribution in [0.4, 0.5) is 0 Å². The van der Waals surface area contributed by atoms with Gasteiger partial charge in [-0.25, -0.2) is 0 Å². The Morgan fingerprint density at radius 1 is 0.936 bits per heavy atom. The predicted octanol–water partition coefficient (Wildman–Crippen LogP) is 8.78. The fourth-order valence-electron chi connectivity index (χ4n) is 7.51. The molecule has 0 aromatic heterocycles. The highest BCUT2D eigenvalue weighted by Gasteiger charge is 2.55. The van der Waals surface area contributed by atoms with E-state index in [0.717, 1.165) is 29.5 Å². The summed E-state index contributed by atoms with van der Waals surface area (Å²) in [6.07, 6.45) is 1.74. The van der Waals surface area contributed by atoms with E-state index < -0.39 is 19.4 Å². The summed E-state index contributed by atoms with van der Waals surface area (Å²) in [6, 6.07) is 21.2. The summed E-state index contributed by atoms with van der Waals surface area (Å²) in [6.45, 7) is 18.0. The maximum absolute atomic E-state index is 14.5. The average molecular weight is 672 g/mol. The number of rotatable bonds is 11. The molecule has 0 radical (unpaired) electrons. The Morgan fingerprint density at radius 2 is 1.53 bits per heavy atom. The third kappa shape index (κ3) is 6.58. The molecular weight excluding hydrogens is 622 g/mol. The maximum Gasteiger partial charge on any atom is 0.257 e. The summed E-state index contributed by atoms with van der Waals surface area (Å²) in [7, 11) is -1.88. The summed E-state index contributed by atoms with van der Waals surface area (Å²) in [5.41, 5.74) is 7.32. The van der Waals surface area contributed by atoms with E-state index in [9.17, 15) is 15.0 Å². The zero-order valence-corrected chi connectivity index (χ0v) is 30.9. The molecule has 250 valence electrons. The molecule has 1 aliphatic carbocycles. The van der Waals surface area contributed by atoms with Gasteiger partial charge in [0, 0.05) is 39.2 Å². The molecule has 0 spiro atoms. The molecular formula is C40H50ClNO4Si. The van der Waals surface area contributed by atoms with Crippen molar-refractivity contribution in [2.45, 2.75) is 103 Å². The van der Waals surface area contributed by atoms with Gasteiger partial charge in [0.1, 0.15) is 8.07 Å². The lowest BCUT2D eigenvalue weighted by Crippen LogP contribution is -2.47. The van der Waals surface area contributed by atoms with Crippen LogP contribution in [0.3, 0.4) is 0 Å². The number of carbonyl (C=O) groups excluding carboxylic acids is 1. The van der Waals surface area contributed by atoms with Crippen molar-refractivity contribution in [3.05, 3.63) is 105 Å². The zero-order valence-electron chi connectivity index (χ0n) is 29.2. The van der Waals surface area contributed by atoms with Crippen molar-refractivity contribution < 1.29 is 19.7 Å². The smallest absolute Gasteiger partial charge is 0.257 e. The molecule has 7 heteroatoms. The van der Waals surface area contributed by atoms with Crippen molar-refractivity contribution in [2.24, 2.45) is 5.41 Å². The molecule has 1 saturated carbocycles. The van der Waals surface area contributed by atoms with Crippen LogP contribution in [0.25, 0.3) is 0 Å². The van der Waals surface area contributed by atoms with Crippen molar-refractivity contribution >= 4 is 25.6 Å². The van der Waals surface area contributed by atoms with Gasteiger partial charge in [0.2, 0.25) is 0 Å². The number of amides is 1. The number of benzene rings is 3. The van der Waals surface area contributed by atoms with Crippen LogP contribution in [0.5, 0.6) is 0 Å². The minimum absolute atomic E-state index is 0.0270. The topological polar surface area (TPSA) is 70.0 Å². The number of hydrogen-bond donors (Lipinski definition) is 2. The summed E-state index contributed by atoms with van der Waals surface area (Å²) in [4.78, 5) is 16.3. The second kappa shape index (κ2) is 13.2. The Bertz CT molecular complexity index is 1640. The summed E-state index contributed by atoms with van der Waals surface area (Å²) in [5, 5.41) is 21.6. The van der Waals surface area contributed by atoms with Crippen LogP contribution in [0, 0.1) is 16.9 Å². The van der Waals surface area contributed by atoms with Gasteiger partial charge in [-0.3, -0.25) is 9.69 Å². The van der Waals surface area contributed by atoms with Crippen LogP contribution < -0.4 is 0 Å². The third-order valence-electron chi connectivity index (χ3n) is 10.6. The number of halogens is 1. The molecule has 5 nitrogen and oxygen atoms in total. The van der Waals surface area contributed by atoms with Gasteiger partial charge in [0.05, 0.1) is 18.8 Å². The zero-order chi connectivity index (χ0) is 34.4. The Hall–Kier alpha value is -2.92. The Morgan fingerprint density at radius 3 is 2.04 bits per heavy atom. The largest absolute Gasteiger partial charge is 0.396 e. The van der Waals surface area contributed by atoms with E-state index >= 15 is 0 Å². The molecule has 47 heavy (non-hydrogen) atoms. The first-order valence-corrected chi connectivity index (χ1v) is 19.5. The Labute approximate surface area is 287 Å². The molecule has 1 aliphatic heterocycles. The van der Waals surface area contributed by atoms with E-state index in [4.69, 9.17) is 16.3 Å². The van der Waals surface area contributed by atoms with Crippen LogP contribution in [-0.2, 0) is 22.6 Å². The lowest BCUT2D eigenvalue weighted by atomic mass is 9.89. The molecule has 1 amide bonds. The minimum Gasteiger partial charge on any atom is -0.396 e. The van der Waals surface area contributed by atoms with E-state index in [0.29, 0.717) is 44.9 Å². The highest BCUT2D eigenvalue weighted by atomic mass is 35.5. The van der Waals surface area contributed by atoms with Crippen molar-refractivity contribution in [1.82, 2.24) is 4.90 Å². The second-order valence-corrected chi connectivity index (χ2v) is 21.2. The molecule has 3 aromatic carbocycles. The summed E-state index contributed by atoms with van der Waals surface area (Å²) in [5.74, 6) is 3.36. The van der Waals surface area contributed by atoms with Crippen molar-refractivity contribution in [2.75, 3.05) is 13.2 Å². The summed E-state index contributed by atoms with van der Waals surface area (Å²) < 4.78 is 6.93. The van der Waals surface area contributed by atoms with Crippen LogP contribution in [0.15, 0.2) is 66.7 Å². The first-order valence-electron chi connectivity index (χ1n) is 16.9. The molecule has 2 aliphatic rings. The molecule has 2 N–H and O–H groups in total. The molecule has 3 aromatic rings. The van der Waals surface area contributed by atoms with Crippen LogP contribution in [0.1, 0.15) is 106 Å². The van der Waals surface area contributed by atoms with Crippen molar-refractivity contribution in [3.8, 4) is 11.5 Å². The SMILES string of the molecule is CC(C)[Si](C#Cc1ccc(CN2C(=O)c3cc(C(C)(C)O)ccc3C2(OCC2(CO)CC2)c2ccc(Cl)cc2)cc1)(C(C)C)C(C)C. The Kier molecular flexibility index (Phi) is 9.92. The van der Waals surface area contributed by atoms with Gasteiger partial charge in [-0.05, 0) is 84.8 Å². The van der Waals surface area contributed by atoms with E-state index in [-0.39, 0.29) is 24.5 Å². The highest BCUT2D eigenvalue weighted by molar-refractivity contribution is 6.90. The fourth-order valence-corrected chi connectivity index (χ4v) is 12.9. The maximum atomic E-state index is 14.5. The predicted molar refractivity (Wildman–Crippen MR) is 193 cm³/mol. The quantitative estimate of drug-likeness (QED) is 0.158. The van der Waals surface area contributed by atoms with Gasteiger partial charge in [-0.1, -0.05) is 95.5 Å². The van der Waals surface area contributed by atoms with Gasteiger partial charge < -0.3 is 14.9 Å². The third-order valence-corrected chi connectivity index (χ3v) is 17.2. The second-order valence-electron chi connectivity index (χ2n) is 15.2. The van der Waals surface area contributed by atoms with E-state index in [1.807, 2.05) is 36.4 Å². The van der Waals surface area contributed by atoms with Crippen LogP contribution in [0.2, 0.25) is 21.6 Å². The van der Waals surface area contributed by atoms with Gasteiger partial charge in [0.25, 0.3) is 5.91 Å². The van der Waals surface area contributed by atoms with E-state index in [1.54, 1.807) is 24.8 Å². The number of hydrogen-bond acceptors (Lipinski definition) is 4. The van der Waals surface area contributed by atoms with E-state index in [2.05, 4.69) is 77.3 Å². The molecule has 1 unspecified atom stereocenters. The monoisotopic (exact) mass is 671 g/mol. The molecule has 1 fully saturated rings. The first kappa shape index (κ1) is 35.4. The van der Waals surface area contributed by atoms with Crippen LogP contribution >= 0.6 is 11.6 Å². The number of nitrogens with zero attached hydrogens (tertiary/aromatic N) is 1. The average Bonchev–Trinajstić information content (AvgIpc) is 3.77. The first-order chi connectivity index (χ1) is 22.1. The molecule has 1 heterocycles. The van der Waals surface area contributed by atoms with Gasteiger partial charge in [-0.2, -0.15) is 0 Å². The molecule has 1 atom stereocenters. The van der Waals surface area contributed by atoms with E-state index in [1.165, 1.54) is 0 Å². The normalized spacial score (nSPS) is 18.9. The highest BCUT2D eigenvalue weighted by Crippen LogP contribution is 2.51. The van der Waals surface area contributed by atoms with Crippen molar-refractivity contribution in [1.29, 1.82) is 0 Å². The molecule has 0 bridgehead atoms. The lowest BCUT2D eigenvalue weighted by Gasteiger charge is -2.40. The summed E-state index contributed by atoms with van der Waals surface area (Å²) >= 11 is 6.34. The standard InChI is InChI=1S/C40H50ClNO4Si/c1-27(2)47(28(3)4,29(5)6)22-19-30-9-11-31(12-10-30)24-42-37(44)35-23-33(38(7,8)45)15-18-36(35)40(42,32-13-16-34(41)17-14-32)46-26-39(25-43)20-21-39/h9-18,23,27-29,43,45H,20-21,24-26H2,1-8H3. The van der Waals surface area contributed by atoms with Gasteiger partial charge >= 0.3 is 0 Å². The number of aliphatic hydroxyl groups excluding tert-OH is 1. The molecule has 5 rings (SSSR count). The minimum atomic E-state index is -1.88. The Balaban J connectivity index is 1.58. The lowest BCUT2D eigenvalue weighted by molar-refractivity contribution is -0.128. The fraction of sp³-hybridized carbons (Fsp3) is 0.475. The number of fused-ring (bicyclic) bond motifs is 1. The van der Waals surface area contributed by atoms with Gasteiger partial charge in [0.15, 0.2) is 5.72 Å². The number of carbonyl (C=O) groups is 1. The van der Waals surface area contributed by atoms with Gasteiger partial charge in [-0.15, -0.1) is 5.54 Å². The van der Waals surface area contributed by atoms with Crippen molar-refractivity contribution in [3.63, 3.8) is 0 Å². The number of ether oxygens (including phenoxy) is 1. The van der Waals surface area contributed by atoms with Crippen LogP contribution in [-0.4, -0.2) is 42.3 Å². The molecule has 0 saturated heterocycles.